The van der Waals surface area contributed by atoms with Crippen molar-refractivity contribution in [3.8, 4) is 11.5 Å². The third kappa shape index (κ3) is 3.35. The first-order valence-electron chi connectivity index (χ1n) is 8.16. The van der Waals surface area contributed by atoms with Crippen LogP contribution in [0.3, 0.4) is 0 Å². The number of rotatable bonds is 4. The molecule has 0 saturated carbocycles. The van der Waals surface area contributed by atoms with E-state index < -0.39 is 0 Å². The monoisotopic (exact) mass is 335 g/mol. The van der Waals surface area contributed by atoms with Crippen LogP contribution >= 0.6 is 0 Å². The molecule has 25 heavy (non-hydrogen) atoms. The second-order valence-corrected chi connectivity index (χ2v) is 5.91. The Hall–Kier alpha value is -3.22. The molecule has 0 spiro atoms. The molecule has 1 amide bonds. The lowest BCUT2D eigenvalue weighted by Crippen LogP contribution is -2.38. The number of hydrogen-bond donors (Lipinski definition) is 2. The summed E-state index contributed by atoms with van der Waals surface area (Å²) < 4.78 is 5.13. The molecule has 2 aromatic heterocycles. The van der Waals surface area contributed by atoms with E-state index in [4.69, 9.17) is 4.52 Å². The minimum absolute atomic E-state index is 0.0232. The molecule has 1 aliphatic heterocycles. The summed E-state index contributed by atoms with van der Waals surface area (Å²) in [4.78, 5) is 20.4. The Labute approximate surface area is 144 Å². The molecule has 2 N–H and O–H groups in total. The van der Waals surface area contributed by atoms with E-state index in [1.54, 1.807) is 24.5 Å². The number of benzene rings is 1. The number of nitrogens with one attached hydrogen (secondary N) is 2. The highest BCUT2D eigenvalue weighted by Crippen LogP contribution is 2.23. The molecule has 0 unspecified atom stereocenters. The highest BCUT2D eigenvalue weighted by atomic mass is 16.5. The number of anilines is 1. The molecule has 0 saturated heterocycles. The minimum Gasteiger partial charge on any atom is -0.380 e. The van der Waals surface area contributed by atoms with Crippen LogP contribution in [0.15, 0.2) is 53.3 Å². The number of hydrogen-bond acceptors (Lipinski definition) is 6. The van der Waals surface area contributed by atoms with E-state index in [0.717, 1.165) is 18.5 Å². The largest absolute Gasteiger partial charge is 0.380 e. The van der Waals surface area contributed by atoms with E-state index >= 15 is 0 Å². The predicted molar refractivity (Wildman–Crippen MR) is 92.0 cm³/mol. The Balaban J connectivity index is 1.36. The summed E-state index contributed by atoms with van der Waals surface area (Å²) in [6, 6.07) is 12.0. The van der Waals surface area contributed by atoms with Gasteiger partial charge in [0.1, 0.15) is 0 Å². The molecule has 3 aromatic rings. The van der Waals surface area contributed by atoms with Crippen molar-refractivity contribution in [3.63, 3.8) is 0 Å². The number of carbonyl (C=O) groups excluding carboxylic acids is 1. The van der Waals surface area contributed by atoms with Gasteiger partial charge in [0.05, 0.1) is 5.56 Å². The van der Waals surface area contributed by atoms with Crippen LogP contribution in [0.1, 0.15) is 22.6 Å². The maximum absolute atomic E-state index is 12.2. The summed E-state index contributed by atoms with van der Waals surface area (Å²) in [6.45, 7) is 0.504. The van der Waals surface area contributed by atoms with Crippen LogP contribution in [0.2, 0.25) is 0 Å². The minimum atomic E-state index is -0.348. The highest BCUT2D eigenvalue weighted by molar-refractivity contribution is 5.90. The summed E-state index contributed by atoms with van der Waals surface area (Å²) in [5, 5.41) is 10.1. The number of fused-ring (bicyclic) bond motifs is 1. The highest BCUT2D eigenvalue weighted by Gasteiger charge is 2.20. The zero-order valence-corrected chi connectivity index (χ0v) is 13.5. The van der Waals surface area contributed by atoms with Crippen LogP contribution in [-0.4, -0.2) is 33.6 Å². The van der Waals surface area contributed by atoms with Gasteiger partial charge < -0.3 is 15.2 Å². The third-order valence-electron chi connectivity index (χ3n) is 4.19. The van der Waals surface area contributed by atoms with Crippen molar-refractivity contribution in [3.05, 3.63) is 60.2 Å². The lowest BCUT2D eigenvalue weighted by Gasteiger charge is -2.27. The van der Waals surface area contributed by atoms with E-state index in [1.807, 2.05) is 12.1 Å². The van der Waals surface area contributed by atoms with Crippen molar-refractivity contribution in [1.82, 2.24) is 20.4 Å². The SMILES string of the molecule is O=C(NC[C@H]1CCc2ccccc2N1)c1noc(-c2cccnc2)n1. The molecule has 1 aliphatic rings. The van der Waals surface area contributed by atoms with Crippen LogP contribution in [0.5, 0.6) is 0 Å². The number of aromatic nitrogens is 3. The molecule has 126 valence electrons. The Morgan fingerprint density at radius 3 is 3.08 bits per heavy atom. The lowest BCUT2D eigenvalue weighted by molar-refractivity contribution is 0.0938. The van der Waals surface area contributed by atoms with Gasteiger partial charge in [0.15, 0.2) is 0 Å². The van der Waals surface area contributed by atoms with Gasteiger partial charge in [0.2, 0.25) is 0 Å². The molecular formula is C18H17N5O2. The number of aryl methyl sites for hydroxylation is 1. The number of pyridine rings is 1. The molecule has 3 heterocycles. The average Bonchev–Trinajstić information content (AvgIpc) is 3.17. The number of carbonyl (C=O) groups is 1. The van der Waals surface area contributed by atoms with Gasteiger partial charge in [-0.25, -0.2) is 0 Å². The Morgan fingerprint density at radius 2 is 2.20 bits per heavy atom. The van der Waals surface area contributed by atoms with Gasteiger partial charge in [-0.15, -0.1) is 0 Å². The summed E-state index contributed by atoms with van der Waals surface area (Å²) >= 11 is 0. The molecule has 4 rings (SSSR count). The Kier molecular flexibility index (Phi) is 4.12. The smallest absolute Gasteiger partial charge is 0.292 e. The van der Waals surface area contributed by atoms with Crippen molar-refractivity contribution in [1.29, 1.82) is 0 Å². The molecule has 7 heteroatoms. The summed E-state index contributed by atoms with van der Waals surface area (Å²) in [5.74, 6) is -0.0439. The fraction of sp³-hybridized carbons (Fsp3) is 0.222. The van der Waals surface area contributed by atoms with E-state index in [0.29, 0.717) is 12.1 Å². The topological polar surface area (TPSA) is 92.9 Å². The summed E-state index contributed by atoms with van der Waals surface area (Å²) in [7, 11) is 0. The normalized spacial score (nSPS) is 15.9. The van der Waals surface area contributed by atoms with Crippen molar-refractivity contribution in [2.24, 2.45) is 0 Å². The van der Waals surface area contributed by atoms with E-state index in [9.17, 15) is 4.79 Å². The molecule has 0 bridgehead atoms. The first-order chi connectivity index (χ1) is 12.3. The quantitative estimate of drug-likeness (QED) is 0.760. The van der Waals surface area contributed by atoms with E-state index in [1.165, 1.54) is 5.56 Å². The van der Waals surface area contributed by atoms with Gasteiger partial charge in [0, 0.05) is 30.7 Å². The van der Waals surface area contributed by atoms with E-state index in [2.05, 4.69) is 37.9 Å². The standard InChI is InChI=1S/C18H17N5O2/c24-17(16-22-18(25-23-16)13-5-3-9-19-10-13)20-11-14-8-7-12-4-1-2-6-15(12)21-14/h1-6,9-10,14,21H,7-8,11H2,(H,20,24)/t14-/m1/s1. The number of nitrogens with zero attached hydrogens (tertiary/aromatic N) is 3. The molecule has 7 nitrogen and oxygen atoms in total. The van der Waals surface area contributed by atoms with Crippen LogP contribution in [0.25, 0.3) is 11.5 Å². The average molecular weight is 335 g/mol. The number of para-hydroxylation sites is 1. The fourth-order valence-corrected chi connectivity index (χ4v) is 2.87. The second kappa shape index (κ2) is 6.72. The zero-order valence-electron chi connectivity index (χ0n) is 13.5. The second-order valence-electron chi connectivity index (χ2n) is 5.91. The third-order valence-corrected chi connectivity index (χ3v) is 4.19. The van der Waals surface area contributed by atoms with Gasteiger partial charge in [-0.05, 0) is 36.6 Å². The predicted octanol–water partition coefficient (Wildman–Crippen LogP) is 2.29. The molecule has 1 atom stereocenters. The first-order valence-corrected chi connectivity index (χ1v) is 8.16. The maximum Gasteiger partial charge on any atom is 0.292 e. The number of amides is 1. The summed E-state index contributed by atoms with van der Waals surface area (Å²) in [5.41, 5.74) is 3.12. The fourth-order valence-electron chi connectivity index (χ4n) is 2.87. The van der Waals surface area contributed by atoms with Crippen LogP contribution < -0.4 is 10.6 Å². The molecule has 0 fully saturated rings. The zero-order chi connectivity index (χ0) is 17.1. The lowest BCUT2D eigenvalue weighted by atomic mass is 9.98. The van der Waals surface area contributed by atoms with Crippen molar-refractivity contribution in [2.45, 2.75) is 18.9 Å². The summed E-state index contributed by atoms with van der Waals surface area (Å²) in [6.07, 6.45) is 5.23. The molecule has 1 aromatic carbocycles. The van der Waals surface area contributed by atoms with Gasteiger partial charge >= 0.3 is 0 Å². The van der Waals surface area contributed by atoms with E-state index in [-0.39, 0.29) is 23.7 Å². The Morgan fingerprint density at radius 1 is 1.28 bits per heavy atom. The van der Waals surface area contributed by atoms with Gasteiger partial charge in [0.25, 0.3) is 17.6 Å². The van der Waals surface area contributed by atoms with Crippen LogP contribution in [0, 0.1) is 0 Å². The molecule has 0 radical (unpaired) electrons. The van der Waals surface area contributed by atoms with Gasteiger partial charge in [-0.3, -0.25) is 9.78 Å². The maximum atomic E-state index is 12.2. The van der Waals surface area contributed by atoms with Crippen molar-refractivity contribution < 1.29 is 9.32 Å². The van der Waals surface area contributed by atoms with Crippen molar-refractivity contribution in [2.75, 3.05) is 11.9 Å². The van der Waals surface area contributed by atoms with Crippen LogP contribution in [0.4, 0.5) is 5.69 Å². The van der Waals surface area contributed by atoms with Gasteiger partial charge in [-0.1, -0.05) is 23.4 Å². The van der Waals surface area contributed by atoms with Crippen molar-refractivity contribution >= 4 is 11.6 Å². The first kappa shape index (κ1) is 15.3. The van der Waals surface area contributed by atoms with Gasteiger partial charge in [-0.2, -0.15) is 4.98 Å². The van der Waals surface area contributed by atoms with Crippen LogP contribution in [-0.2, 0) is 6.42 Å². The Bertz CT molecular complexity index is 878. The molecular weight excluding hydrogens is 318 g/mol. The molecule has 0 aliphatic carbocycles.